The van der Waals surface area contributed by atoms with Crippen molar-refractivity contribution in [3.63, 3.8) is 0 Å². The summed E-state index contributed by atoms with van der Waals surface area (Å²) in [7, 11) is 0. The summed E-state index contributed by atoms with van der Waals surface area (Å²) in [5, 5.41) is 0. The molecule has 4 aliphatic rings. The lowest BCUT2D eigenvalue weighted by molar-refractivity contribution is -0.137. The second-order valence-electron chi connectivity index (χ2n) is 16.9. The number of fused-ring (bicyclic) bond motifs is 10. The SMILES string of the molecule is C=C/C=C\C=C(/C)c1ccc2c(c1)B1c3cc(-c4ccccc4)ccc3N(c3c(F)cccc3C(F)(F)F)c3cc4c5c(c31)N2c1ccc(-c2ccccc2)cc1B5c1ccccc1S4. The van der Waals surface area contributed by atoms with E-state index < -0.39 is 30.0 Å². The minimum atomic E-state index is -4.84. The van der Waals surface area contributed by atoms with Crippen LogP contribution >= 0.6 is 11.8 Å². The van der Waals surface area contributed by atoms with Crippen LogP contribution < -0.4 is 42.6 Å². The molecule has 0 saturated carbocycles. The van der Waals surface area contributed by atoms with Crippen molar-refractivity contribution in [2.24, 2.45) is 0 Å². The summed E-state index contributed by atoms with van der Waals surface area (Å²) in [4.78, 5) is 5.90. The van der Waals surface area contributed by atoms with Crippen molar-refractivity contribution >= 4 is 97.7 Å². The molecule has 0 aliphatic carbocycles. The highest BCUT2D eigenvalue weighted by atomic mass is 32.2. The Kier molecular flexibility index (Phi) is 9.04. The predicted octanol–water partition coefficient (Wildman–Crippen LogP) is 11.7. The lowest BCUT2D eigenvalue weighted by Gasteiger charge is -2.49. The van der Waals surface area contributed by atoms with E-state index in [1.54, 1.807) is 22.7 Å². The van der Waals surface area contributed by atoms with Gasteiger partial charge in [0.25, 0.3) is 6.71 Å². The van der Waals surface area contributed by atoms with Crippen molar-refractivity contribution in [1.82, 2.24) is 0 Å². The number of allylic oxidation sites excluding steroid dienone is 5. The fourth-order valence-electron chi connectivity index (χ4n) is 10.5. The second kappa shape index (κ2) is 14.9. The number of hydrogen-bond donors (Lipinski definition) is 0. The number of rotatable bonds is 6. The zero-order valence-electron chi connectivity index (χ0n) is 35.1. The van der Waals surface area contributed by atoms with Gasteiger partial charge in [0.15, 0.2) is 0 Å². The van der Waals surface area contributed by atoms with Gasteiger partial charge in [-0.15, -0.1) is 0 Å². The number of nitrogens with zero attached hydrogens (tertiary/aromatic N) is 2. The number of alkyl halides is 3. The summed E-state index contributed by atoms with van der Waals surface area (Å²) >= 11 is 1.62. The summed E-state index contributed by atoms with van der Waals surface area (Å²) < 4.78 is 62.8. The zero-order chi connectivity index (χ0) is 44.1. The Morgan fingerprint density at radius 3 is 1.77 bits per heavy atom. The lowest BCUT2D eigenvalue weighted by atomic mass is 9.29. The minimum absolute atomic E-state index is 0.189. The van der Waals surface area contributed by atoms with Crippen LogP contribution in [0.25, 0.3) is 27.8 Å². The van der Waals surface area contributed by atoms with E-state index in [9.17, 15) is 0 Å². The second-order valence-corrected chi connectivity index (χ2v) is 18.0. The fraction of sp³-hybridized carbons (Fsp3) is 0.0357. The highest BCUT2D eigenvalue weighted by molar-refractivity contribution is 8.00. The first-order valence-electron chi connectivity index (χ1n) is 21.6. The van der Waals surface area contributed by atoms with Crippen LogP contribution in [0, 0.1) is 5.82 Å². The molecule has 8 aromatic rings. The predicted molar refractivity (Wildman–Crippen MR) is 265 cm³/mol. The Hall–Kier alpha value is -7.22. The topological polar surface area (TPSA) is 6.48 Å². The number of hydrogen-bond acceptors (Lipinski definition) is 3. The van der Waals surface area contributed by atoms with Crippen LogP contribution in [0.15, 0.2) is 204 Å². The Balaban J connectivity index is 1.23. The molecule has 4 heterocycles. The normalized spacial score (nSPS) is 14.1. The Morgan fingerprint density at radius 2 is 1.12 bits per heavy atom. The maximum Gasteiger partial charge on any atom is 0.418 e. The molecule has 2 nitrogen and oxygen atoms in total. The van der Waals surface area contributed by atoms with Crippen molar-refractivity contribution in [1.29, 1.82) is 0 Å². The first kappa shape index (κ1) is 39.4. The van der Waals surface area contributed by atoms with E-state index in [0.717, 1.165) is 106 Å². The minimum Gasteiger partial charge on any atom is -0.312 e. The van der Waals surface area contributed by atoms with Gasteiger partial charge in [-0.3, -0.25) is 0 Å². The molecular formula is C56H36B2F4N2S. The third-order valence-electron chi connectivity index (χ3n) is 13.3. The van der Waals surface area contributed by atoms with Crippen LogP contribution in [0.1, 0.15) is 18.1 Å². The van der Waals surface area contributed by atoms with Gasteiger partial charge in [0, 0.05) is 38.2 Å². The van der Waals surface area contributed by atoms with Crippen molar-refractivity contribution in [2.45, 2.75) is 22.9 Å². The monoisotopic (exact) mass is 866 g/mol. The molecule has 0 spiro atoms. The zero-order valence-corrected chi connectivity index (χ0v) is 35.9. The van der Waals surface area contributed by atoms with Crippen molar-refractivity contribution in [3.05, 3.63) is 212 Å². The smallest absolute Gasteiger partial charge is 0.312 e. The summed E-state index contributed by atoms with van der Waals surface area (Å²) in [6.07, 6.45) is 2.82. The number of benzene rings is 8. The average Bonchev–Trinajstić information content (AvgIpc) is 3.33. The molecule has 0 amide bonds. The van der Waals surface area contributed by atoms with Gasteiger partial charge in [-0.05, 0) is 110 Å². The van der Waals surface area contributed by atoms with E-state index in [4.69, 9.17) is 0 Å². The number of halogens is 4. The van der Waals surface area contributed by atoms with Gasteiger partial charge in [-0.2, -0.15) is 13.2 Å². The Labute approximate surface area is 380 Å². The van der Waals surface area contributed by atoms with Crippen LogP contribution in [-0.2, 0) is 6.18 Å². The number of para-hydroxylation sites is 1. The standard InChI is InChI=1S/C56H36B2F4N2S/c1-3-4-7-15-34(2)37-24-27-46-42(30-37)58-44-32-39(36-18-10-6-11-19-36)26-29-48(44)64(54-40(56(60,61)62)20-14-22-45(54)59)49-33-51-53-55(52(49)58)63(46)47-28-25-38(35-16-8-5-9-17-35)31-43(47)57(53)41-21-12-13-23-50(41)65-51/h3-33H,1H2,2H3/b7-4-,34-15+. The van der Waals surface area contributed by atoms with Crippen molar-refractivity contribution in [3.8, 4) is 22.3 Å². The lowest BCUT2D eigenvalue weighted by Crippen LogP contribution is -2.68. The molecule has 0 fully saturated rings. The van der Waals surface area contributed by atoms with E-state index >= 15 is 17.6 Å². The molecule has 9 heteroatoms. The van der Waals surface area contributed by atoms with Gasteiger partial charge in [0.1, 0.15) is 5.82 Å². The van der Waals surface area contributed by atoms with Gasteiger partial charge in [0.2, 0.25) is 6.71 Å². The Bertz CT molecular complexity index is 3360. The third kappa shape index (κ3) is 6.05. The summed E-state index contributed by atoms with van der Waals surface area (Å²) in [6, 6.07) is 53.3. The largest absolute Gasteiger partial charge is 0.418 e. The van der Waals surface area contributed by atoms with Crippen LogP contribution in [0.2, 0.25) is 0 Å². The molecular weight excluding hydrogens is 830 g/mol. The molecule has 0 unspecified atom stereocenters. The highest BCUT2D eigenvalue weighted by Crippen LogP contribution is 2.51. The molecule has 4 aliphatic heterocycles. The molecule has 0 aromatic heterocycles. The van der Waals surface area contributed by atoms with Gasteiger partial charge < -0.3 is 9.80 Å². The molecule has 0 N–H and O–H groups in total. The van der Waals surface area contributed by atoms with E-state index in [-0.39, 0.29) is 6.71 Å². The fourth-order valence-corrected chi connectivity index (χ4v) is 11.7. The van der Waals surface area contributed by atoms with Crippen molar-refractivity contribution in [2.75, 3.05) is 9.80 Å². The van der Waals surface area contributed by atoms with Crippen LogP contribution in [0.4, 0.5) is 51.7 Å². The van der Waals surface area contributed by atoms with E-state index in [2.05, 4.69) is 109 Å². The molecule has 8 aromatic carbocycles. The van der Waals surface area contributed by atoms with E-state index in [1.165, 1.54) is 5.46 Å². The first-order valence-corrected chi connectivity index (χ1v) is 22.4. The molecule has 0 radical (unpaired) electrons. The quantitative estimate of drug-likeness (QED) is 0.0934. The van der Waals surface area contributed by atoms with Crippen LogP contribution in [0.5, 0.6) is 0 Å². The molecule has 0 saturated heterocycles. The number of anilines is 6. The summed E-state index contributed by atoms with van der Waals surface area (Å²) in [5.41, 5.74) is 14.6. The maximum absolute atomic E-state index is 16.8. The summed E-state index contributed by atoms with van der Waals surface area (Å²) in [5.74, 6) is -0.951. The third-order valence-corrected chi connectivity index (χ3v) is 14.5. The van der Waals surface area contributed by atoms with Crippen LogP contribution in [-0.4, -0.2) is 13.4 Å². The highest BCUT2D eigenvalue weighted by Gasteiger charge is 2.51. The molecule has 65 heavy (non-hydrogen) atoms. The van der Waals surface area contributed by atoms with Crippen LogP contribution in [0.3, 0.4) is 0 Å². The first-order chi connectivity index (χ1) is 31.7. The van der Waals surface area contributed by atoms with Gasteiger partial charge in [-0.1, -0.05) is 169 Å². The molecule has 0 atom stereocenters. The van der Waals surface area contributed by atoms with Gasteiger partial charge in [-0.25, -0.2) is 4.39 Å². The summed E-state index contributed by atoms with van der Waals surface area (Å²) in [6.45, 7) is 5.30. The van der Waals surface area contributed by atoms with Gasteiger partial charge in [0.05, 0.1) is 11.3 Å². The van der Waals surface area contributed by atoms with E-state index in [1.807, 2.05) is 72.8 Å². The van der Waals surface area contributed by atoms with E-state index in [0.29, 0.717) is 11.4 Å². The van der Waals surface area contributed by atoms with Crippen molar-refractivity contribution < 1.29 is 17.6 Å². The average molecular weight is 867 g/mol. The van der Waals surface area contributed by atoms with Gasteiger partial charge >= 0.3 is 6.18 Å². The maximum atomic E-state index is 16.8. The molecule has 12 rings (SSSR count). The molecule has 310 valence electrons. The Morgan fingerprint density at radius 1 is 0.538 bits per heavy atom. The molecule has 0 bridgehead atoms.